The van der Waals surface area contributed by atoms with Gasteiger partial charge < -0.3 is 10.6 Å². The summed E-state index contributed by atoms with van der Waals surface area (Å²) in [6.45, 7) is 0. The predicted molar refractivity (Wildman–Crippen MR) is 100 cm³/mol. The highest BCUT2D eigenvalue weighted by atomic mass is 32.2. The maximum atomic E-state index is 11.9. The summed E-state index contributed by atoms with van der Waals surface area (Å²) in [6, 6.07) is 9.09. The minimum Gasteiger partial charge on any atom is -0.353 e. The van der Waals surface area contributed by atoms with E-state index in [0.29, 0.717) is 27.0 Å². The average Bonchev–Trinajstić information content (AvgIpc) is 3.26. The van der Waals surface area contributed by atoms with E-state index in [9.17, 15) is 9.59 Å². The molecule has 0 bridgehead atoms. The number of hydrogen-bond donors (Lipinski definition) is 3. The summed E-state index contributed by atoms with van der Waals surface area (Å²) in [6.07, 6.45) is 4.52. The minimum atomic E-state index is -0.377. The van der Waals surface area contributed by atoms with Gasteiger partial charge in [0.05, 0.1) is 5.75 Å². The van der Waals surface area contributed by atoms with Crippen LogP contribution in [-0.4, -0.2) is 33.9 Å². The van der Waals surface area contributed by atoms with Gasteiger partial charge in [0.2, 0.25) is 11.0 Å². The summed E-state index contributed by atoms with van der Waals surface area (Å²) >= 11 is 2.57. The van der Waals surface area contributed by atoms with Crippen LogP contribution in [0.4, 0.5) is 15.6 Å². The zero-order valence-corrected chi connectivity index (χ0v) is 15.2. The second kappa shape index (κ2) is 8.82. The lowest BCUT2D eigenvalue weighted by molar-refractivity contribution is -0.119. The third kappa shape index (κ3) is 5.71. The van der Waals surface area contributed by atoms with Crippen LogP contribution in [-0.2, 0) is 4.79 Å². The molecule has 1 saturated carbocycles. The number of nitrogens with zero attached hydrogens (tertiary/aromatic N) is 2. The number of carbonyl (C=O) groups excluding carboxylic acids is 2. The maximum absolute atomic E-state index is 11.9. The molecule has 25 heavy (non-hydrogen) atoms. The number of anilines is 2. The van der Waals surface area contributed by atoms with E-state index >= 15 is 0 Å². The van der Waals surface area contributed by atoms with Crippen molar-refractivity contribution in [3.05, 3.63) is 30.3 Å². The molecule has 1 aromatic heterocycles. The first-order valence-corrected chi connectivity index (χ1v) is 9.88. The molecule has 7 nitrogen and oxygen atoms in total. The topological polar surface area (TPSA) is 96.0 Å². The van der Waals surface area contributed by atoms with Crippen LogP contribution in [0.25, 0.3) is 0 Å². The number of urea groups is 1. The normalized spacial score (nSPS) is 14.2. The Bertz CT molecular complexity index is 716. The quantitative estimate of drug-likeness (QED) is 0.530. The molecule has 1 aliphatic carbocycles. The van der Waals surface area contributed by atoms with Crippen LogP contribution in [0.3, 0.4) is 0 Å². The van der Waals surface area contributed by atoms with Crippen LogP contribution in [0.5, 0.6) is 0 Å². The van der Waals surface area contributed by atoms with Crippen molar-refractivity contribution in [1.29, 1.82) is 0 Å². The first kappa shape index (κ1) is 17.7. The van der Waals surface area contributed by atoms with Crippen molar-refractivity contribution in [3.63, 3.8) is 0 Å². The van der Waals surface area contributed by atoms with Crippen molar-refractivity contribution >= 4 is 45.9 Å². The zero-order chi connectivity index (χ0) is 17.5. The number of para-hydroxylation sites is 1. The lowest BCUT2D eigenvalue weighted by atomic mass is 10.2. The van der Waals surface area contributed by atoms with E-state index in [-0.39, 0.29) is 11.9 Å². The molecule has 3 rings (SSSR count). The molecule has 0 unspecified atom stereocenters. The van der Waals surface area contributed by atoms with Crippen LogP contribution in [0.2, 0.25) is 0 Å². The highest BCUT2D eigenvalue weighted by Crippen LogP contribution is 2.25. The fourth-order valence-corrected chi connectivity index (χ4v) is 4.12. The second-order valence-corrected chi connectivity index (χ2v) is 7.86. The molecule has 1 aromatic carbocycles. The van der Waals surface area contributed by atoms with Crippen molar-refractivity contribution in [2.24, 2.45) is 0 Å². The van der Waals surface area contributed by atoms with Gasteiger partial charge in [0, 0.05) is 11.7 Å². The number of nitrogens with one attached hydrogen (secondary N) is 3. The standard InChI is InChI=1S/C16H19N5O2S2/c22-13(17-11-8-4-5-9-11)10-24-16-21-20-15(25-16)19-14(23)18-12-6-2-1-3-7-12/h1-3,6-7,11H,4-5,8-10H2,(H,17,22)(H2,18,19,20,23). The Morgan fingerprint density at radius 2 is 1.88 bits per heavy atom. The fraction of sp³-hybridized carbons (Fsp3) is 0.375. The SMILES string of the molecule is O=C(CSc1nnc(NC(=O)Nc2ccccc2)s1)NC1CCCC1. The van der Waals surface area contributed by atoms with E-state index in [2.05, 4.69) is 26.1 Å². The van der Waals surface area contributed by atoms with E-state index in [0.717, 1.165) is 12.8 Å². The molecule has 0 aliphatic heterocycles. The lowest BCUT2D eigenvalue weighted by Crippen LogP contribution is -2.33. The monoisotopic (exact) mass is 377 g/mol. The molecule has 0 radical (unpaired) electrons. The van der Waals surface area contributed by atoms with Gasteiger partial charge in [0.15, 0.2) is 4.34 Å². The Labute approximate surface area is 154 Å². The van der Waals surface area contributed by atoms with Crippen molar-refractivity contribution in [1.82, 2.24) is 15.5 Å². The molecule has 3 N–H and O–H groups in total. The van der Waals surface area contributed by atoms with Crippen LogP contribution in [0.15, 0.2) is 34.7 Å². The third-order valence-electron chi connectivity index (χ3n) is 3.71. The van der Waals surface area contributed by atoms with Gasteiger partial charge in [-0.2, -0.15) is 0 Å². The van der Waals surface area contributed by atoms with Gasteiger partial charge >= 0.3 is 6.03 Å². The number of rotatable bonds is 6. The van der Waals surface area contributed by atoms with Gasteiger partial charge in [-0.15, -0.1) is 10.2 Å². The zero-order valence-electron chi connectivity index (χ0n) is 13.5. The molecule has 3 amide bonds. The Kier molecular flexibility index (Phi) is 6.24. The van der Waals surface area contributed by atoms with Gasteiger partial charge in [0.1, 0.15) is 0 Å². The number of carbonyl (C=O) groups is 2. The van der Waals surface area contributed by atoms with Crippen LogP contribution in [0, 0.1) is 0 Å². The first-order chi connectivity index (χ1) is 12.2. The lowest BCUT2D eigenvalue weighted by Gasteiger charge is -2.10. The maximum Gasteiger partial charge on any atom is 0.325 e. The number of amides is 3. The molecule has 1 fully saturated rings. The predicted octanol–water partition coefficient (Wildman–Crippen LogP) is 3.33. The van der Waals surface area contributed by atoms with Gasteiger partial charge in [-0.3, -0.25) is 10.1 Å². The van der Waals surface area contributed by atoms with Crippen molar-refractivity contribution in [3.8, 4) is 0 Å². The summed E-state index contributed by atoms with van der Waals surface area (Å²) in [5.41, 5.74) is 0.697. The third-order valence-corrected chi connectivity index (χ3v) is 5.68. The van der Waals surface area contributed by atoms with Gasteiger partial charge in [-0.25, -0.2) is 4.79 Å². The summed E-state index contributed by atoms with van der Waals surface area (Å²) < 4.78 is 0.650. The molecule has 132 valence electrons. The van der Waals surface area contributed by atoms with Gasteiger partial charge in [0.25, 0.3) is 0 Å². The smallest absolute Gasteiger partial charge is 0.325 e. The molecule has 9 heteroatoms. The Morgan fingerprint density at radius 3 is 2.64 bits per heavy atom. The van der Waals surface area contributed by atoms with Crippen molar-refractivity contribution in [2.75, 3.05) is 16.4 Å². The van der Waals surface area contributed by atoms with Crippen LogP contribution in [0.1, 0.15) is 25.7 Å². The van der Waals surface area contributed by atoms with Gasteiger partial charge in [-0.05, 0) is 25.0 Å². The largest absolute Gasteiger partial charge is 0.353 e. The molecule has 0 spiro atoms. The molecule has 1 heterocycles. The number of thioether (sulfide) groups is 1. The summed E-state index contributed by atoms with van der Waals surface area (Å²) in [4.78, 5) is 23.8. The molecule has 2 aromatic rings. The Hall–Kier alpha value is -2.13. The number of aromatic nitrogens is 2. The van der Waals surface area contributed by atoms with E-state index in [4.69, 9.17) is 0 Å². The molecular weight excluding hydrogens is 358 g/mol. The molecule has 0 atom stereocenters. The van der Waals surface area contributed by atoms with E-state index < -0.39 is 0 Å². The van der Waals surface area contributed by atoms with Crippen molar-refractivity contribution < 1.29 is 9.59 Å². The Balaban J connectivity index is 1.42. The van der Waals surface area contributed by atoms with E-state index in [1.54, 1.807) is 12.1 Å². The number of hydrogen-bond acceptors (Lipinski definition) is 6. The van der Waals surface area contributed by atoms with Crippen LogP contribution >= 0.6 is 23.1 Å². The van der Waals surface area contributed by atoms with Gasteiger partial charge in [-0.1, -0.05) is 54.1 Å². The summed E-state index contributed by atoms with van der Waals surface area (Å²) in [7, 11) is 0. The fourth-order valence-electron chi connectivity index (χ4n) is 2.57. The Morgan fingerprint density at radius 1 is 1.12 bits per heavy atom. The highest BCUT2D eigenvalue weighted by molar-refractivity contribution is 8.01. The summed E-state index contributed by atoms with van der Waals surface area (Å²) in [5.74, 6) is 0.324. The highest BCUT2D eigenvalue weighted by Gasteiger charge is 2.17. The molecule has 1 aliphatic rings. The summed E-state index contributed by atoms with van der Waals surface area (Å²) in [5, 5.41) is 16.7. The van der Waals surface area contributed by atoms with Crippen molar-refractivity contribution in [2.45, 2.75) is 36.1 Å². The van der Waals surface area contributed by atoms with E-state index in [1.165, 1.54) is 35.9 Å². The second-order valence-electron chi connectivity index (χ2n) is 5.66. The minimum absolute atomic E-state index is 0.0171. The average molecular weight is 377 g/mol. The first-order valence-electron chi connectivity index (χ1n) is 8.08. The van der Waals surface area contributed by atoms with Crippen LogP contribution < -0.4 is 16.0 Å². The molecular formula is C16H19N5O2S2. The number of benzene rings is 1. The van der Waals surface area contributed by atoms with E-state index in [1.807, 2.05) is 18.2 Å². The molecule has 0 saturated heterocycles.